The third-order valence-corrected chi connectivity index (χ3v) is 6.56. The zero-order chi connectivity index (χ0) is 22.6. The molecule has 1 aromatic heterocycles. The van der Waals surface area contributed by atoms with Gasteiger partial charge in [-0.1, -0.05) is 0 Å². The molecule has 2 rings (SSSR count). The second-order valence-corrected chi connectivity index (χ2v) is 9.02. The van der Waals surface area contributed by atoms with Gasteiger partial charge in [0.1, 0.15) is 17.4 Å². The molecule has 1 amide bonds. The van der Waals surface area contributed by atoms with Crippen molar-refractivity contribution in [2.45, 2.75) is 31.6 Å². The molecule has 0 atom stereocenters. The summed E-state index contributed by atoms with van der Waals surface area (Å²) in [7, 11) is 0.580. The first-order valence-corrected chi connectivity index (χ1v) is 10.5. The molecule has 0 saturated heterocycles. The molecular weight excluding hydrogens is 408 g/mol. The number of ether oxygens (including phenoxy) is 1. The molecule has 0 fully saturated rings. The molecule has 9 nitrogen and oxygen atoms in total. The van der Waals surface area contributed by atoms with E-state index in [0.29, 0.717) is 23.4 Å². The average molecular weight is 433 g/mol. The molecule has 160 valence electrons. The van der Waals surface area contributed by atoms with Gasteiger partial charge in [0, 0.05) is 26.2 Å². The average Bonchev–Trinajstić information content (AvgIpc) is 2.67. The van der Waals surface area contributed by atoms with E-state index in [1.165, 1.54) is 39.4 Å². The first kappa shape index (κ1) is 23.1. The van der Waals surface area contributed by atoms with E-state index in [0.717, 1.165) is 9.87 Å². The number of carbonyl (C=O) groups is 1. The van der Waals surface area contributed by atoms with Crippen molar-refractivity contribution in [1.82, 2.24) is 9.29 Å². The van der Waals surface area contributed by atoms with Crippen molar-refractivity contribution in [1.29, 1.82) is 5.26 Å². The number of anilines is 1. The number of nitrogens with one attached hydrogen (secondary N) is 2. The quantitative estimate of drug-likeness (QED) is 0.684. The molecule has 2 N–H and O–H groups in total. The first-order valence-electron chi connectivity index (χ1n) is 9.05. The van der Waals surface area contributed by atoms with Crippen LogP contribution in [0.25, 0.3) is 0 Å². The van der Waals surface area contributed by atoms with Gasteiger partial charge in [0.05, 0.1) is 17.7 Å². The molecule has 0 spiro atoms. The predicted octanol–water partition coefficient (Wildman–Crippen LogP) is 1.69. The molecule has 0 aliphatic rings. The summed E-state index contributed by atoms with van der Waals surface area (Å²) < 4.78 is 31.0. The number of aromatic amines is 1. The molecule has 30 heavy (non-hydrogen) atoms. The van der Waals surface area contributed by atoms with Crippen LogP contribution in [0.4, 0.5) is 5.69 Å². The lowest BCUT2D eigenvalue weighted by Gasteiger charge is -2.15. The van der Waals surface area contributed by atoms with Gasteiger partial charge in [0.25, 0.3) is 5.56 Å². The Hall–Kier alpha value is -3.16. The monoisotopic (exact) mass is 432 g/mol. The molecule has 2 aromatic rings. The Morgan fingerprint density at radius 2 is 1.97 bits per heavy atom. The van der Waals surface area contributed by atoms with Crippen molar-refractivity contribution >= 4 is 21.6 Å². The van der Waals surface area contributed by atoms with Crippen LogP contribution in [0.3, 0.4) is 0 Å². The minimum absolute atomic E-state index is 0.0228. The summed E-state index contributed by atoms with van der Waals surface area (Å²) in [4.78, 5) is 27.0. The van der Waals surface area contributed by atoms with E-state index >= 15 is 0 Å². The van der Waals surface area contributed by atoms with Crippen LogP contribution in [0.1, 0.15) is 28.8 Å². The fraction of sp³-hybridized carbons (Fsp3) is 0.350. The van der Waals surface area contributed by atoms with Crippen molar-refractivity contribution in [2.24, 2.45) is 0 Å². The lowest BCUT2D eigenvalue weighted by molar-refractivity contribution is -0.116. The number of methoxy groups -OCH3 is 1. The highest BCUT2D eigenvalue weighted by Crippen LogP contribution is 2.28. The van der Waals surface area contributed by atoms with Gasteiger partial charge in [-0.05, 0) is 49.6 Å². The number of hydrogen-bond donors (Lipinski definition) is 2. The number of aryl methyl sites for hydroxylation is 1. The number of rotatable bonds is 7. The number of hydrogen-bond acceptors (Lipinski definition) is 6. The SMILES string of the molecule is COc1ccc(S(=O)(=O)N(C)C)cc1NC(=O)CCc1c(C)[nH]c(=O)c(C#N)c1C. The first-order chi connectivity index (χ1) is 14.0. The molecule has 10 heteroatoms. The zero-order valence-corrected chi connectivity index (χ0v) is 18.3. The van der Waals surface area contributed by atoms with Crippen LogP contribution < -0.4 is 15.6 Å². The highest BCUT2D eigenvalue weighted by molar-refractivity contribution is 7.89. The highest BCUT2D eigenvalue weighted by atomic mass is 32.2. The predicted molar refractivity (Wildman–Crippen MR) is 112 cm³/mol. The molecule has 0 radical (unpaired) electrons. The summed E-state index contributed by atoms with van der Waals surface area (Å²) in [5.74, 6) is -0.0413. The number of sulfonamides is 1. The Morgan fingerprint density at radius 3 is 2.53 bits per heavy atom. The minimum Gasteiger partial charge on any atom is -0.495 e. The van der Waals surface area contributed by atoms with Crippen molar-refractivity contribution in [3.05, 3.63) is 50.9 Å². The number of aromatic nitrogens is 1. The number of nitrogens with zero attached hydrogens (tertiary/aromatic N) is 2. The topological polar surface area (TPSA) is 132 Å². The standard InChI is InChI=1S/C20H24N4O5S/c1-12-15(13(2)22-20(26)16(12)11-21)7-9-19(25)23-17-10-14(6-8-18(17)29-5)30(27,28)24(3)4/h6,8,10H,7,9H2,1-5H3,(H,22,26)(H,23,25). The molecule has 1 heterocycles. The summed E-state index contributed by atoms with van der Waals surface area (Å²) in [5.41, 5.74) is 1.67. The maximum absolute atomic E-state index is 12.5. The number of amides is 1. The Balaban J connectivity index is 2.26. The van der Waals surface area contributed by atoms with Crippen molar-refractivity contribution in [2.75, 3.05) is 26.5 Å². The lowest BCUT2D eigenvalue weighted by atomic mass is 9.99. The lowest BCUT2D eigenvalue weighted by Crippen LogP contribution is -2.22. The van der Waals surface area contributed by atoms with E-state index in [2.05, 4.69) is 10.3 Å². The smallest absolute Gasteiger partial charge is 0.266 e. The summed E-state index contributed by atoms with van der Waals surface area (Å²) in [6, 6.07) is 6.10. The van der Waals surface area contributed by atoms with Gasteiger partial charge >= 0.3 is 0 Å². The highest BCUT2D eigenvalue weighted by Gasteiger charge is 2.20. The number of H-pyrrole nitrogens is 1. The number of nitriles is 1. The molecule has 0 unspecified atom stereocenters. The Labute approximate surface area is 175 Å². The van der Waals surface area contributed by atoms with Crippen LogP contribution in [-0.4, -0.2) is 44.8 Å². The molecule has 1 aromatic carbocycles. The van der Waals surface area contributed by atoms with E-state index in [9.17, 15) is 18.0 Å². The fourth-order valence-corrected chi connectivity index (χ4v) is 3.96. The fourth-order valence-electron chi connectivity index (χ4n) is 3.03. The van der Waals surface area contributed by atoms with Crippen LogP contribution in [0.15, 0.2) is 27.9 Å². The Bertz CT molecular complexity index is 1180. The number of carbonyl (C=O) groups excluding carboxylic acids is 1. The van der Waals surface area contributed by atoms with Crippen molar-refractivity contribution in [3.63, 3.8) is 0 Å². The van der Waals surface area contributed by atoms with Gasteiger partial charge in [-0.2, -0.15) is 5.26 Å². The third kappa shape index (κ3) is 4.69. The van der Waals surface area contributed by atoms with Crippen molar-refractivity contribution < 1.29 is 17.9 Å². The van der Waals surface area contributed by atoms with E-state index in [4.69, 9.17) is 10.00 Å². The maximum atomic E-state index is 12.5. The van der Waals surface area contributed by atoms with Gasteiger partial charge in [-0.3, -0.25) is 9.59 Å². The summed E-state index contributed by atoms with van der Waals surface area (Å²) >= 11 is 0. The van der Waals surface area contributed by atoms with Gasteiger partial charge in [0.2, 0.25) is 15.9 Å². The van der Waals surface area contributed by atoms with E-state index in [-0.39, 0.29) is 28.5 Å². The second kappa shape index (κ2) is 9.11. The van der Waals surface area contributed by atoms with Crippen molar-refractivity contribution in [3.8, 4) is 11.8 Å². The van der Waals surface area contributed by atoms with Gasteiger partial charge < -0.3 is 15.0 Å². The molecule has 0 saturated carbocycles. The zero-order valence-electron chi connectivity index (χ0n) is 17.5. The van der Waals surface area contributed by atoms with E-state index < -0.39 is 15.6 Å². The normalized spacial score (nSPS) is 11.2. The van der Waals surface area contributed by atoms with Gasteiger partial charge in [-0.25, -0.2) is 12.7 Å². The Morgan fingerprint density at radius 1 is 1.30 bits per heavy atom. The Kier molecular flexibility index (Phi) is 7.02. The van der Waals surface area contributed by atoms with Crippen LogP contribution in [0.5, 0.6) is 5.75 Å². The van der Waals surface area contributed by atoms with Crippen LogP contribution in [-0.2, 0) is 21.2 Å². The van der Waals surface area contributed by atoms with Gasteiger partial charge in [0.15, 0.2) is 0 Å². The summed E-state index contributed by atoms with van der Waals surface area (Å²) in [6.45, 7) is 3.38. The molecular formula is C20H24N4O5S. The minimum atomic E-state index is -3.68. The maximum Gasteiger partial charge on any atom is 0.266 e. The van der Waals surface area contributed by atoms with E-state index in [1.807, 2.05) is 6.07 Å². The van der Waals surface area contributed by atoms with Crippen LogP contribution in [0.2, 0.25) is 0 Å². The third-order valence-electron chi connectivity index (χ3n) is 4.75. The molecule has 0 bridgehead atoms. The van der Waals surface area contributed by atoms with Gasteiger partial charge in [-0.15, -0.1) is 0 Å². The summed E-state index contributed by atoms with van der Waals surface area (Å²) in [5, 5.41) is 11.8. The largest absolute Gasteiger partial charge is 0.495 e. The summed E-state index contributed by atoms with van der Waals surface area (Å²) in [6.07, 6.45) is 0.360. The van der Waals surface area contributed by atoms with Crippen LogP contribution >= 0.6 is 0 Å². The second-order valence-electron chi connectivity index (χ2n) is 6.87. The van der Waals surface area contributed by atoms with Crippen LogP contribution in [0, 0.1) is 25.2 Å². The number of pyridine rings is 1. The van der Waals surface area contributed by atoms with E-state index in [1.54, 1.807) is 13.8 Å². The molecule has 0 aliphatic carbocycles. The molecule has 0 aliphatic heterocycles. The number of benzene rings is 1.